The van der Waals surface area contributed by atoms with Crippen LogP contribution < -0.4 is 20.9 Å². The van der Waals surface area contributed by atoms with Crippen LogP contribution in [0.4, 0.5) is 11.6 Å². The summed E-state index contributed by atoms with van der Waals surface area (Å²) in [6.45, 7) is 4.23. The van der Waals surface area contributed by atoms with Crippen LogP contribution in [0.2, 0.25) is 0 Å². The molecule has 6 aromatic heterocycles. The van der Waals surface area contributed by atoms with Crippen molar-refractivity contribution in [3.05, 3.63) is 109 Å². The highest BCUT2D eigenvalue weighted by Crippen LogP contribution is 2.45. The molecule has 8 aromatic rings. The van der Waals surface area contributed by atoms with Crippen LogP contribution in [-0.4, -0.2) is 105 Å². The molecule has 3 saturated heterocycles. The molecule has 18 heteroatoms. The molecule has 5 fully saturated rings. The van der Waals surface area contributed by atoms with Gasteiger partial charge in [0.15, 0.2) is 18.2 Å². The first-order chi connectivity index (χ1) is 32.5. The van der Waals surface area contributed by atoms with Gasteiger partial charge in [0.2, 0.25) is 0 Å². The number of aromatic nitrogens is 8. The topological polar surface area (TPSA) is 235 Å². The van der Waals surface area contributed by atoms with Crippen LogP contribution >= 0.6 is 0 Å². The Balaban J connectivity index is 0.000000140. The number of hydrogen-bond acceptors (Lipinski definition) is 16. The highest BCUT2D eigenvalue weighted by atomic mass is 16.8. The molecule has 5 aliphatic rings. The second-order valence-electron chi connectivity index (χ2n) is 18.5. The number of nitrogens with two attached hydrogens (primary N) is 2. The van der Waals surface area contributed by atoms with E-state index >= 15 is 0 Å². The fourth-order valence-electron chi connectivity index (χ4n) is 9.56. The number of pyridine rings is 2. The number of aliphatic hydroxyl groups excluding tert-OH is 2. The lowest BCUT2D eigenvalue weighted by Crippen LogP contribution is -2.34. The summed E-state index contributed by atoms with van der Waals surface area (Å²) < 4.78 is 40.6. The Morgan fingerprint density at radius 1 is 0.612 bits per heavy atom. The van der Waals surface area contributed by atoms with Gasteiger partial charge in [0.25, 0.3) is 0 Å². The molecule has 2 aromatic carbocycles. The first-order valence-electron chi connectivity index (χ1n) is 22.8. The Morgan fingerprint density at radius 3 is 1.67 bits per heavy atom. The fourth-order valence-corrected chi connectivity index (χ4v) is 9.56. The molecule has 3 aliphatic heterocycles. The first-order valence-corrected chi connectivity index (χ1v) is 22.8. The summed E-state index contributed by atoms with van der Waals surface area (Å²) in [6, 6.07) is 19.9. The molecule has 0 spiro atoms. The molecule has 18 nitrogen and oxygen atoms in total. The maximum Gasteiger partial charge on any atom is 0.164 e. The van der Waals surface area contributed by atoms with Gasteiger partial charge in [0, 0.05) is 47.7 Å². The van der Waals surface area contributed by atoms with Gasteiger partial charge >= 0.3 is 0 Å². The molecule has 0 radical (unpaired) electrons. The van der Waals surface area contributed by atoms with Crippen LogP contribution in [-0.2, 0) is 18.9 Å². The van der Waals surface area contributed by atoms with Crippen molar-refractivity contribution >= 4 is 55.5 Å². The number of nitrogen functional groups attached to an aromatic ring is 2. The Kier molecular flexibility index (Phi) is 10.2. The van der Waals surface area contributed by atoms with Crippen LogP contribution in [0.3, 0.4) is 0 Å². The van der Waals surface area contributed by atoms with E-state index in [0.29, 0.717) is 52.5 Å². The van der Waals surface area contributed by atoms with E-state index in [1.807, 2.05) is 73.4 Å². The van der Waals surface area contributed by atoms with Crippen molar-refractivity contribution < 1.29 is 38.6 Å². The monoisotopic (exact) mass is 906 g/mol. The number of nitrogens with zero attached hydrogens (tertiary/aromatic N) is 8. The van der Waals surface area contributed by atoms with Crippen LogP contribution in [0.15, 0.2) is 98.1 Å². The van der Waals surface area contributed by atoms with Gasteiger partial charge in [-0.1, -0.05) is 0 Å². The van der Waals surface area contributed by atoms with Gasteiger partial charge in [-0.15, -0.1) is 0 Å². The van der Waals surface area contributed by atoms with E-state index in [4.69, 9.17) is 39.9 Å². The van der Waals surface area contributed by atoms with E-state index in [9.17, 15) is 10.2 Å². The Labute approximate surface area is 383 Å². The Hall–Kier alpha value is -6.54. The summed E-state index contributed by atoms with van der Waals surface area (Å²) in [7, 11) is 0. The number of anilines is 2. The maximum absolute atomic E-state index is 10.6. The standard InChI is InChI=1S/C26H27N5O4.C23H23N5O4/c1-26(2)34-21-20(12-32-17-6-5-15-9-16(14-3-4-14)11-28-19(15)10-17)33-25(22(21)35-26)31-8-7-18-23(27)29-13-30-24(18)31;24-21-16-5-6-28(22(16)27-11-26-21)23-20(30)19(29)18(32-23)10-31-15-4-3-13-7-14(12-1-2-12)9-25-17(13)8-15/h5-11,13-14,20-22,25H,3-4,12H2,1-2H3,(H2,27,29,30);3-9,11-12,18-20,23,29-30H,1-2,10H2,(H2,24,26,27)/t20-,21-,22-,25-;18-,19-,20-,23-/m11/s1. The average Bonchev–Trinajstić information content (AvgIpc) is 4.20. The second-order valence-corrected chi connectivity index (χ2v) is 18.5. The number of fused-ring (bicyclic) bond motifs is 5. The predicted molar refractivity (Wildman–Crippen MR) is 246 cm³/mol. The number of aliphatic hydroxyl groups is 2. The molecule has 9 heterocycles. The summed E-state index contributed by atoms with van der Waals surface area (Å²) in [5, 5.41) is 24.8. The molecule has 344 valence electrons. The number of ether oxygens (including phenoxy) is 6. The van der Waals surface area contributed by atoms with Gasteiger partial charge in [-0.25, -0.2) is 19.9 Å². The molecule has 8 atom stereocenters. The van der Waals surface area contributed by atoms with Gasteiger partial charge in [-0.05, 0) is 111 Å². The van der Waals surface area contributed by atoms with Gasteiger partial charge < -0.3 is 59.2 Å². The summed E-state index contributed by atoms with van der Waals surface area (Å²) in [6.07, 6.45) is 10.2. The lowest BCUT2D eigenvalue weighted by molar-refractivity contribution is -0.198. The SMILES string of the molecule is CC1(C)O[C@@H]2[C@H](O1)[C@@H](COc1ccc3cc(C4CC4)cnc3c1)O[C@H]2n1ccc2c(N)ncnc21.Nc1ncnc2c1ccn2[C@@H]1O[C@H](COc2ccc3cc(C4CC4)cnc3c2)[C@@H](O)[C@H]1O. The van der Waals surface area contributed by atoms with Crippen molar-refractivity contribution in [2.45, 2.75) is 106 Å². The van der Waals surface area contributed by atoms with Crippen molar-refractivity contribution in [3.63, 3.8) is 0 Å². The summed E-state index contributed by atoms with van der Waals surface area (Å²) in [5.74, 6) is 2.77. The summed E-state index contributed by atoms with van der Waals surface area (Å²) >= 11 is 0. The predicted octanol–water partition coefficient (Wildman–Crippen LogP) is 6.07. The maximum atomic E-state index is 10.6. The Bertz CT molecular complexity index is 3150. The molecule has 67 heavy (non-hydrogen) atoms. The van der Waals surface area contributed by atoms with Crippen molar-refractivity contribution in [2.75, 3.05) is 24.7 Å². The smallest absolute Gasteiger partial charge is 0.164 e. The fraction of sp³-hybridized carbons (Fsp3) is 0.388. The van der Waals surface area contributed by atoms with Crippen molar-refractivity contribution in [1.82, 2.24) is 39.0 Å². The molecule has 13 rings (SSSR count). The highest BCUT2D eigenvalue weighted by molar-refractivity contribution is 5.87. The number of rotatable bonds is 10. The third-order valence-corrected chi connectivity index (χ3v) is 13.4. The molecule has 2 aliphatic carbocycles. The zero-order valence-corrected chi connectivity index (χ0v) is 36.8. The summed E-state index contributed by atoms with van der Waals surface area (Å²) in [5.41, 5.74) is 17.6. The quantitative estimate of drug-likeness (QED) is 0.122. The van der Waals surface area contributed by atoms with Gasteiger partial charge in [-0.2, -0.15) is 0 Å². The highest BCUT2D eigenvalue weighted by Gasteiger charge is 2.56. The normalized spacial score (nSPS) is 26.6. The lowest BCUT2D eigenvalue weighted by Gasteiger charge is -2.25. The van der Waals surface area contributed by atoms with Crippen LogP contribution in [0.5, 0.6) is 11.5 Å². The molecular weight excluding hydrogens is 857 g/mol. The van der Waals surface area contributed by atoms with Crippen LogP contribution in [0.1, 0.15) is 74.9 Å². The Morgan fingerprint density at radius 2 is 1.12 bits per heavy atom. The number of hydrogen-bond donors (Lipinski definition) is 4. The third-order valence-electron chi connectivity index (χ3n) is 13.4. The van der Waals surface area contributed by atoms with Gasteiger partial charge in [-0.3, -0.25) is 9.97 Å². The van der Waals surface area contributed by atoms with E-state index in [1.165, 1.54) is 49.5 Å². The molecule has 2 saturated carbocycles. The van der Waals surface area contributed by atoms with Crippen molar-refractivity contribution in [2.24, 2.45) is 0 Å². The van der Waals surface area contributed by atoms with Crippen LogP contribution in [0.25, 0.3) is 43.9 Å². The molecule has 0 unspecified atom stereocenters. The molecule has 0 bridgehead atoms. The molecular formula is C49H50N10O8. The van der Waals surface area contributed by atoms with E-state index in [1.54, 1.807) is 16.8 Å². The summed E-state index contributed by atoms with van der Waals surface area (Å²) in [4.78, 5) is 25.9. The van der Waals surface area contributed by atoms with Gasteiger partial charge in [0.1, 0.15) is 96.9 Å². The molecule has 0 amide bonds. The van der Waals surface area contributed by atoms with E-state index in [-0.39, 0.29) is 24.9 Å². The lowest BCUT2D eigenvalue weighted by atomic mass is 10.1. The average molecular weight is 907 g/mol. The minimum Gasteiger partial charge on any atom is -0.491 e. The first kappa shape index (κ1) is 41.9. The van der Waals surface area contributed by atoms with Crippen LogP contribution in [0, 0.1) is 0 Å². The largest absolute Gasteiger partial charge is 0.491 e. The van der Waals surface area contributed by atoms with Gasteiger partial charge in [0.05, 0.1) is 21.8 Å². The van der Waals surface area contributed by atoms with Crippen molar-refractivity contribution in [1.29, 1.82) is 0 Å². The number of benzene rings is 2. The zero-order chi connectivity index (χ0) is 45.6. The van der Waals surface area contributed by atoms with E-state index in [2.05, 4.69) is 48.1 Å². The third kappa shape index (κ3) is 7.92. The minimum absolute atomic E-state index is 0.0801. The van der Waals surface area contributed by atoms with E-state index < -0.39 is 36.6 Å². The van der Waals surface area contributed by atoms with E-state index in [0.717, 1.165) is 32.9 Å². The zero-order valence-electron chi connectivity index (χ0n) is 36.8. The van der Waals surface area contributed by atoms with Crippen molar-refractivity contribution in [3.8, 4) is 11.5 Å². The second kappa shape index (κ2) is 16.4. The minimum atomic E-state index is -1.14. The molecule has 6 N–H and O–H groups in total.